The fourth-order valence-corrected chi connectivity index (χ4v) is 2.88. The molecule has 0 aliphatic rings. The Labute approximate surface area is 138 Å². The van der Waals surface area contributed by atoms with Gasteiger partial charge < -0.3 is 10.9 Å². The van der Waals surface area contributed by atoms with Crippen LogP contribution in [-0.2, 0) is 0 Å². The van der Waals surface area contributed by atoms with Crippen LogP contribution in [0.1, 0.15) is 63.9 Å². The van der Waals surface area contributed by atoms with Crippen LogP contribution in [0.25, 0.3) is 10.9 Å². The van der Waals surface area contributed by atoms with E-state index in [0.717, 1.165) is 23.9 Å². The van der Waals surface area contributed by atoms with Crippen LogP contribution in [0.2, 0.25) is 0 Å². The van der Waals surface area contributed by atoms with E-state index >= 15 is 0 Å². The quantitative estimate of drug-likeness (QED) is 0.304. The first-order chi connectivity index (χ1) is 11.3. The molecule has 0 aliphatic carbocycles. The van der Waals surface area contributed by atoms with Crippen molar-refractivity contribution >= 4 is 16.6 Å². The Bertz CT molecular complexity index is 652. The van der Waals surface area contributed by atoms with Crippen molar-refractivity contribution in [3.8, 4) is 5.75 Å². The third kappa shape index (κ3) is 4.68. The Morgan fingerprint density at radius 2 is 1.83 bits per heavy atom. The highest BCUT2D eigenvalue weighted by molar-refractivity contribution is 6.06. The third-order valence-electron chi connectivity index (χ3n) is 4.23. The van der Waals surface area contributed by atoms with Crippen LogP contribution in [0.5, 0.6) is 5.75 Å². The Balaban J connectivity index is 1.95. The van der Waals surface area contributed by atoms with Crippen molar-refractivity contribution < 1.29 is 5.11 Å². The number of hydrazone groups is 1. The van der Waals surface area contributed by atoms with Gasteiger partial charge in [-0.3, -0.25) is 4.98 Å². The topological polar surface area (TPSA) is 71.5 Å². The monoisotopic (exact) mass is 313 g/mol. The number of phenolic OH excluding ortho intramolecular Hbond substituents is 1. The van der Waals surface area contributed by atoms with Crippen molar-refractivity contribution in [2.75, 3.05) is 0 Å². The number of nitrogens with zero attached hydrogens (tertiary/aromatic N) is 2. The molecule has 2 aromatic rings. The van der Waals surface area contributed by atoms with E-state index in [2.05, 4.69) is 17.0 Å². The molecule has 2 rings (SSSR count). The van der Waals surface area contributed by atoms with Crippen molar-refractivity contribution in [1.29, 1.82) is 0 Å². The van der Waals surface area contributed by atoms with Crippen LogP contribution in [0, 0.1) is 0 Å². The van der Waals surface area contributed by atoms with Crippen LogP contribution >= 0.6 is 0 Å². The predicted octanol–water partition coefficient (Wildman–Crippen LogP) is 4.74. The van der Waals surface area contributed by atoms with E-state index in [1.54, 1.807) is 6.20 Å². The third-order valence-corrected chi connectivity index (χ3v) is 4.23. The second-order valence-corrected chi connectivity index (χ2v) is 5.98. The molecular formula is C19H27N3O. The average molecular weight is 313 g/mol. The highest BCUT2D eigenvalue weighted by Gasteiger charge is 2.12. The molecule has 124 valence electrons. The molecule has 0 bridgehead atoms. The molecule has 1 heterocycles. The van der Waals surface area contributed by atoms with Crippen molar-refractivity contribution in [1.82, 2.24) is 4.98 Å². The van der Waals surface area contributed by atoms with Crippen LogP contribution in [0.3, 0.4) is 0 Å². The molecular weight excluding hydrogens is 286 g/mol. The van der Waals surface area contributed by atoms with Gasteiger partial charge in [0.2, 0.25) is 0 Å². The lowest BCUT2D eigenvalue weighted by molar-refractivity contribution is 0.479. The Morgan fingerprint density at radius 1 is 1.09 bits per heavy atom. The highest BCUT2D eigenvalue weighted by atomic mass is 16.3. The van der Waals surface area contributed by atoms with Crippen LogP contribution in [-0.4, -0.2) is 15.8 Å². The minimum atomic E-state index is 0.176. The van der Waals surface area contributed by atoms with Crippen LogP contribution in [0.15, 0.2) is 35.6 Å². The lowest BCUT2D eigenvalue weighted by Crippen LogP contribution is -2.05. The fourth-order valence-electron chi connectivity index (χ4n) is 2.88. The first-order valence-electron chi connectivity index (χ1n) is 8.61. The van der Waals surface area contributed by atoms with Crippen LogP contribution < -0.4 is 5.84 Å². The smallest absolute Gasteiger partial charge is 0.150 e. The summed E-state index contributed by atoms with van der Waals surface area (Å²) in [6.07, 6.45) is 11.2. The second kappa shape index (κ2) is 9.13. The zero-order valence-electron chi connectivity index (χ0n) is 14.0. The summed E-state index contributed by atoms with van der Waals surface area (Å²) >= 11 is 0. The van der Waals surface area contributed by atoms with Crippen LogP contribution in [0.4, 0.5) is 0 Å². The highest BCUT2D eigenvalue weighted by Crippen LogP contribution is 2.28. The maximum atomic E-state index is 10.5. The number of benzene rings is 1. The maximum absolute atomic E-state index is 10.5. The van der Waals surface area contributed by atoms with Crippen molar-refractivity contribution in [2.45, 2.75) is 58.3 Å². The van der Waals surface area contributed by atoms with E-state index in [4.69, 9.17) is 5.84 Å². The molecule has 0 spiro atoms. The summed E-state index contributed by atoms with van der Waals surface area (Å²) < 4.78 is 0. The van der Waals surface area contributed by atoms with Gasteiger partial charge in [0.05, 0.1) is 5.71 Å². The van der Waals surface area contributed by atoms with E-state index in [9.17, 15) is 5.11 Å². The molecule has 1 aromatic heterocycles. The van der Waals surface area contributed by atoms with Gasteiger partial charge in [0, 0.05) is 17.1 Å². The fraction of sp³-hybridized carbons (Fsp3) is 0.474. The number of unbranched alkanes of at least 4 members (excludes halogenated alkanes) is 6. The summed E-state index contributed by atoms with van der Waals surface area (Å²) in [6.45, 7) is 2.23. The zero-order valence-corrected chi connectivity index (χ0v) is 14.0. The van der Waals surface area contributed by atoms with Gasteiger partial charge in [-0.1, -0.05) is 57.6 Å². The number of aromatic hydroxyl groups is 1. The standard InChI is InChI=1S/C19H27N3O/c1-2-3-4-5-6-7-8-11-17(22-20)16-13-12-15-10-9-14-21-18(15)19(16)23/h9-10,12-14,23H,2-8,11,20H2,1H3/b22-17-. The average Bonchev–Trinajstić information content (AvgIpc) is 2.59. The van der Waals surface area contributed by atoms with E-state index in [1.165, 1.54) is 38.5 Å². The number of phenols is 1. The first-order valence-corrected chi connectivity index (χ1v) is 8.61. The van der Waals surface area contributed by atoms with Gasteiger partial charge in [0.15, 0.2) is 5.75 Å². The van der Waals surface area contributed by atoms with E-state index in [1.807, 2.05) is 24.3 Å². The number of rotatable bonds is 9. The molecule has 0 radical (unpaired) electrons. The summed E-state index contributed by atoms with van der Waals surface area (Å²) in [4.78, 5) is 4.25. The largest absolute Gasteiger partial charge is 0.505 e. The molecule has 0 atom stereocenters. The van der Waals surface area contributed by atoms with E-state index < -0.39 is 0 Å². The maximum Gasteiger partial charge on any atom is 0.150 e. The SMILES string of the molecule is CCCCCCCCC/C(=N/N)c1ccc2cccnc2c1O. The van der Waals surface area contributed by atoms with Crippen molar-refractivity contribution in [3.63, 3.8) is 0 Å². The van der Waals surface area contributed by atoms with E-state index in [-0.39, 0.29) is 5.75 Å². The van der Waals surface area contributed by atoms with Gasteiger partial charge in [-0.2, -0.15) is 5.10 Å². The minimum Gasteiger partial charge on any atom is -0.505 e. The summed E-state index contributed by atoms with van der Waals surface area (Å²) in [6, 6.07) is 7.62. The molecule has 0 aliphatic heterocycles. The van der Waals surface area contributed by atoms with Gasteiger partial charge in [0.1, 0.15) is 5.52 Å². The summed E-state index contributed by atoms with van der Waals surface area (Å²) in [5, 5.41) is 15.3. The number of hydrogen-bond acceptors (Lipinski definition) is 4. The lowest BCUT2D eigenvalue weighted by Gasteiger charge is -2.09. The Hall–Kier alpha value is -2.10. The summed E-state index contributed by atoms with van der Waals surface area (Å²) in [5.74, 6) is 5.73. The summed E-state index contributed by atoms with van der Waals surface area (Å²) in [5.41, 5.74) is 2.05. The van der Waals surface area contributed by atoms with E-state index in [0.29, 0.717) is 11.1 Å². The molecule has 3 N–H and O–H groups in total. The molecule has 0 saturated heterocycles. The van der Waals surface area contributed by atoms with Crippen molar-refractivity contribution in [2.24, 2.45) is 10.9 Å². The molecule has 1 aromatic carbocycles. The molecule has 0 unspecified atom stereocenters. The van der Waals surface area contributed by atoms with Gasteiger partial charge in [-0.15, -0.1) is 0 Å². The Morgan fingerprint density at radius 3 is 2.57 bits per heavy atom. The molecule has 0 amide bonds. The predicted molar refractivity (Wildman–Crippen MR) is 96.7 cm³/mol. The number of pyridine rings is 1. The molecule has 4 nitrogen and oxygen atoms in total. The molecule has 23 heavy (non-hydrogen) atoms. The minimum absolute atomic E-state index is 0.176. The van der Waals surface area contributed by atoms with Gasteiger partial charge >= 0.3 is 0 Å². The van der Waals surface area contributed by atoms with Gasteiger partial charge in [0.25, 0.3) is 0 Å². The molecule has 0 saturated carbocycles. The van der Waals surface area contributed by atoms with Gasteiger partial charge in [-0.25, -0.2) is 0 Å². The normalized spacial score (nSPS) is 12.0. The van der Waals surface area contributed by atoms with Crippen molar-refractivity contribution in [3.05, 3.63) is 36.0 Å². The molecule has 4 heteroatoms. The summed E-state index contributed by atoms with van der Waals surface area (Å²) in [7, 11) is 0. The number of hydrogen-bond donors (Lipinski definition) is 2. The second-order valence-electron chi connectivity index (χ2n) is 5.98. The number of fused-ring (bicyclic) bond motifs is 1. The lowest BCUT2D eigenvalue weighted by atomic mass is 10.00. The molecule has 0 fully saturated rings. The zero-order chi connectivity index (χ0) is 16.5. The Kier molecular flexibility index (Phi) is 6.85. The first kappa shape index (κ1) is 17.3. The van der Waals surface area contributed by atoms with Gasteiger partial charge in [-0.05, 0) is 25.0 Å². The number of aromatic nitrogens is 1. The number of nitrogens with two attached hydrogens (primary N) is 1.